The van der Waals surface area contributed by atoms with Gasteiger partial charge in [0.2, 0.25) is 5.75 Å². The Bertz CT molecular complexity index is 804. The number of aromatic hydroxyl groups is 1. The summed E-state index contributed by atoms with van der Waals surface area (Å²) in [5.41, 5.74) is -0.288. The molecule has 0 saturated heterocycles. The second-order valence-electron chi connectivity index (χ2n) is 5.31. The number of allylic oxidation sites excluding steroid dienone is 1. The number of aliphatic imine (C=N–C) groups is 1. The van der Waals surface area contributed by atoms with E-state index in [0.29, 0.717) is 12.0 Å². The lowest BCUT2D eigenvalue weighted by Crippen LogP contribution is -2.23. The maximum Gasteiger partial charge on any atom is 0.314 e. The van der Waals surface area contributed by atoms with E-state index in [2.05, 4.69) is 4.99 Å². The summed E-state index contributed by atoms with van der Waals surface area (Å²) < 4.78 is 13.9. The van der Waals surface area contributed by atoms with Gasteiger partial charge in [-0.25, -0.2) is 4.39 Å². The zero-order valence-corrected chi connectivity index (χ0v) is 12.0. The monoisotopic (exact) mass is 312 g/mol. The predicted octanol–water partition coefficient (Wildman–Crippen LogP) is 3.52. The maximum absolute atomic E-state index is 13.9. The van der Waals surface area contributed by atoms with Gasteiger partial charge >= 0.3 is 5.69 Å². The van der Waals surface area contributed by atoms with Crippen LogP contribution >= 0.6 is 0 Å². The fraction of sp³-hybridized carbons (Fsp3) is 0.118. The molecular formula is C17H13FN2O3. The predicted molar refractivity (Wildman–Crippen MR) is 84.2 cm³/mol. The van der Waals surface area contributed by atoms with Gasteiger partial charge in [-0.1, -0.05) is 36.4 Å². The standard InChI is InChI=1S/C17H13FN2O3/c18-14-9-13(10-15(16(14)21)20(22)23)17(7-4-8-19-17)11-12-5-2-1-3-6-12/h1-10,21H,11H2. The van der Waals surface area contributed by atoms with E-state index in [9.17, 15) is 19.6 Å². The van der Waals surface area contributed by atoms with Crippen LogP contribution in [0.4, 0.5) is 10.1 Å². The third-order valence-electron chi connectivity index (χ3n) is 3.82. The molecule has 23 heavy (non-hydrogen) atoms. The van der Waals surface area contributed by atoms with Gasteiger partial charge in [0.15, 0.2) is 5.82 Å². The molecule has 0 aromatic heterocycles. The molecule has 0 amide bonds. The summed E-state index contributed by atoms with van der Waals surface area (Å²) in [4.78, 5) is 14.6. The van der Waals surface area contributed by atoms with Gasteiger partial charge in [-0.3, -0.25) is 15.1 Å². The van der Waals surface area contributed by atoms with Crippen LogP contribution in [-0.2, 0) is 12.0 Å². The van der Waals surface area contributed by atoms with Gasteiger partial charge in [-0.2, -0.15) is 0 Å². The highest BCUT2D eigenvalue weighted by atomic mass is 19.1. The number of phenolic OH excluding ortho intramolecular Hbond substituents is 1. The minimum Gasteiger partial charge on any atom is -0.500 e. The summed E-state index contributed by atoms with van der Waals surface area (Å²) in [6.45, 7) is 0. The highest BCUT2D eigenvalue weighted by Gasteiger charge is 2.34. The second-order valence-corrected chi connectivity index (χ2v) is 5.31. The molecule has 2 aromatic rings. The molecule has 0 radical (unpaired) electrons. The van der Waals surface area contributed by atoms with Gasteiger partial charge in [0.1, 0.15) is 5.54 Å². The first-order valence-electron chi connectivity index (χ1n) is 6.96. The van der Waals surface area contributed by atoms with Crippen LogP contribution in [0.2, 0.25) is 0 Å². The minimum atomic E-state index is -1.03. The van der Waals surface area contributed by atoms with E-state index in [1.54, 1.807) is 18.4 Å². The van der Waals surface area contributed by atoms with Crippen LogP contribution in [0.5, 0.6) is 5.75 Å². The zero-order chi connectivity index (χ0) is 16.4. The van der Waals surface area contributed by atoms with Gasteiger partial charge in [-0.05, 0) is 23.3 Å². The smallest absolute Gasteiger partial charge is 0.314 e. The normalized spacial score (nSPS) is 19.2. The van der Waals surface area contributed by atoms with Gasteiger partial charge in [-0.15, -0.1) is 0 Å². The molecule has 0 spiro atoms. The Kier molecular flexibility index (Phi) is 3.65. The first-order valence-corrected chi connectivity index (χ1v) is 6.96. The molecule has 1 unspecified atom stereocenters. The quantitative estimate of drug-likeness (QED) is 0.693. The Morgan fingerprint density at radius 1 is 1.26 bits per heavy atom. The molecule has 116 valence electrons. The third-order valence-corrected chi connectivity index (χ3v) is 3.82. The van der Waals surface area contributed by atoms with E-state index in [1.807, 2.05) is 30.3 Å². The zero-order valence-electron chi connectivity index (χ0n) is 12.0. The number of halogens is 1. The van der Waals surface area contributed by atoms with Gasteiger partial charge in [0.05, 0.1) is 4.92 Å². The van der Waals surface area contributed by atoms with E-state index < -0.39 is 27.7 Å². The fourth-order valence-corrected chi connectivity index (χ4v) is 2.68. The SMILES string of the molecule is O=[N+]([O-])c1cc(C2(Cc3ccccc3)C=CC=N2)cc(F)c1O. The van der Waals surface area contributed by atoms with Crippen LogP contribution in [0, 0.1) is 15.9 Å². The highest BCUT2D eigenvalue weighted by molar-refractivity contribution is 5.76. The minimum absolute atomic E-state index is 0.327. The van der Waals surface area contributed by atoms with Gasteiger partial charge < -0.3 is 5.11 Å². The number of nitrogens with zero attached hydrogens (tertiary/aromatic N) is 2. The molecule has 1 N–H and O–H groups in total. The number of nitro groups is 1. The number of hydrogen-bond donors (Lipinski definition) is 1. The van der Waals surface area contributed by atoms with Crippen LogP contribution in [-0.4, -0.2) is 16.2 Å². The Hall–Kier alpha value is -3.02. The number of rotatable bonds is 4. The van der Waals surface area contributed by atoms with Crippen molar-refractivity contribution in [3.63, 3.8) is 0 Å². The number of benzene rings is 2. The molecule has 3 rings (SSSR count). The van der Waals surface area contributed by atoms with Crippen molar-refractivity contribution >= 4 is 11.9 Å². The maximum atomic E-state index is 13.9. The van der Waals surface area contributed by atoms with Crippen molar-refractivity contribution in [1.82, 2.24) is 0 Å². The van der Waals surface area contributed by atoms with Crippen molar-refractivity contribution in [3.8, 4) is 5.75 Å². The Morgan fingerprint density at radius 2 is 2.00 bits per heavy atom. The molecule has 0 bridgehead atoms. The third kappa shape index (κ3) is 2.70. The molecule has 5 nitrogen and oxygen atoms in total. The first kappa shape index (κ1) is 14.9. The summed E-state index contributed by atoms with van der Waals surface area (Å²) in [7, 11) is 0. The highest BCUT2D eigenvalue weighted by Crippen LogP contribution is 2.39. The molecule has 1 aliphatic rings. The van der Waals surface area contributed by atoms with Crippen LogP contribution in [0.1, 0.15) is 11.1 Å². The van der Waals surface area contributed by atoms with Crippen LogP contribution < -0.4 is 0 Å². The molecule has 0 saturated carbocycles. The van der Waals surface area contributed by atoms with E-state index in [-0.39, 0.29) is 0 Å². The first-order chi connectivity index (χ1) is 11.0. The number of hydrogen-bond acceptors (Lipinski definition) is 4. The van der Waals surface area contributed by atoms with Crippen molar-refractivity contribution < 1.29 is 14.4 Å². The summed E-state index contributed by atoms with van der Waals surface area (Å²) in [6.07, 6.45) is 5.51. The largest absolute Gasteiger partial charge is 0.500 e. The second kappa shape index (κ2) is 5.64. The van der Waals surface area contributed by atoms with E-state index in [4.69, 9.17) is 0 Å². The summed E-state index contributed by atoms with van der Waals surface area (Å²) in [6, 6.07) is 11.7. The van der Waals surface area contributed by atoms with Crippen molar-refractivity contribution in [2.45, 2.75) is 12.0 Å². The molecular weight excluding hydrogens is 299 g/mol. The van der Waals surface area contributed by atoms with Crippen LogP contribution in [0.3, 0.4) is 0 Å². The average Bonchev–Trinajstić information content (AvgIpc) is 3.00. The fourth-order valence-electron chi connectivity index (χ4n) is 2.68. The Morgan fingerprint density at radius 3 is 2.61 bits per heavy atom. The summed E-state index contributed by atoms with van der Waals surface area (Å²) in [5, 5.41) is 20.6. The van der Waals surface area contributed by atoms with E-state index >= 15 is 0 Å². The molecule has 1 aliphatic heterocycles. The van der Waals surface area contributed by atoms with Crippen molar-refractivity contribution in [2.24, 2.45) is 4.99 Å². The van der Waals surface area contributed by atoms with E-state index in [1.165, 1.54) is 6.07 Å². The van der Waals surface area contributed by atoms with Crippen LogP contribution in [0.15, 0.2) is 59.6 Å². The lowest BCUT2D eigenvalue weighted by molar-refractivity contribution is -0.386. The Labute approximate surface area is 131 Å². The van der Waals surface area contributed by atoms with Gasteiger partial charge in [0, 0.05) is 18.7 Å². The van der Waals surface area contributed by atoms with Crippen molar-refractivity contribution in [1.29, 1.82) is 0 Å². The van der Waals surface area contributed by atoms with Gasteiger partial charge in [0.25, 0.3) is 0 Å². The molecule has 6 heteroatoms. The molecule has 1 atom stereocenters. The average molecular weight is 312 g/mol. The summed E-state index contributed by atoms with van der Waals surface area (Å²) >= 11 is 0. The lowest BCUT2D eigenvalue weighted by Gasteiger charge is -2.25. The lowest BCUT2D eigenvalue weighted by atomic mass is 9.84. The summed E-state index contributed by atoms with van der Waals surface area (Å²) in [5.74, 6) is -1.99. The molecule has 0 aliphatic carbocycles. The van der Waals surface area contributed by atoms with Crippen molar-refractivity contribution in [3.05, 3.63) is 81.7 Å². The number of phenols is 1. The number of nitro benzene ring substituents is 1. The van der Waals surface area contributed by atoms with E-state index in [0.717, 1.165) is 11.6 Å². The Balaban J connectivity index is 2.11. The van der Waals surface area contributed by atoms with Crippen molar-refractivity contribution in [2.75, 3.05) is 0 Å². The molecule has 1 heterocycles. The topological polar surface area (TPSA) is 75.7 Å². The molecule has 0 fully saturated rings. The van der Waals surface area contributed by atoms with Crippen LogP contribution in [0.25, 0.3) is 0 Å². The molecule has 2 aromatic carbocycles.